The van der Waals surface area contributed by atoms with Gasteiger partial charge in [-0.1, -0.05) is 19.9 Å². The number of nitrogens with one attached hydrogen (secondary N) is 2. The fourth-order valence-corrected chi connectivity index (χ4v) is 3.30. The Labute approximate surface area is 166 Å². The maximum Gasteiger partial charge on any atom is 0.262 e. The van der Waals surface area contributed by atoms with Crippen LogP contribution in [0.2, 0.25) is 0 Å². The summed E-state index contributed by atoms with van der Waals surface area (Å²) in [5.74, 6) is -0.175. The number of carbonyl (C=O) groups is 2. The Morgan fingerprint density at radius 1 is 1.40 bits per heavy atom. The number of carbonyl (C=O) groups excluding carboxylic acids is 2. The van der Waals surface area contributed by atoms with Crippen LogP contribution in [0.4, 0.5) is 0 Å². The average molecular weight is 491 g/mol. The van der Waals surface area contributed by atoms with Crippen molar-refractivity contribution in [1.29, 1.82) is 0 Å². The second-order valence-corrected chi connectivity index (χ2v) is 8.16. The molecule has 9 heteroatoms. The molecule has 0 spiro atoms. The van der Waals surface area contributed by atoms with E-state index < -0.39 is 6.04 Å². The van der Waals surface area contributed by atoms with Gasteiger partial charge in [0.1, 0.15) is 11.8 Å². The van der Waals surface area contributed by atoms with Gasteiger partial charge in [0, 0.05) is 10.9 Å². The molecule has 2 amide bonds. The zero-order valence-electron chi connectivity index (χ0n) is 13.6. The van der Waals surface area contributed by atoms with E-state index in [1.807, 2.05) is 31.4 Å². The van der Waals surface area contributed by atoms with Gasteiger partial charge >= 0.3 is 0 Å². The minimum absolute atomic E-state index is 0.0746. The van der Waals surface area contributed by atoms with Gasteiger partial charge in [-0.3, -0.25) is 9.59 Å². The standard InChI is InChI=1S/C16H17Br2N3O3S/c1-9(2)14(20-13(22)7-11-4-3-5-25-11)16(23)21-19-8-10-6-12(17)15(18)24-10/h3-6,8-9,14H,7H2,1-2H3,(H,20,22)(H,21,23)/b19-8-/t14-/m1/s1. The Bertz CT molecular complexity index is 737. The first-order valence-corrected chi connectivity index (χ1v) is 9.93. The number of rotatable bonds is 7. The molecule has 25 heavy (non-hydrogen) atoms. The van der Waals surface area contributed by atoms with E-state index in [4.69, 9.17) is 4.42 Å². The first-order chi connectivity index (χ1) is 11.9. The predicted octanol–water partition coefficient (Wildman–Crippen LogP) is 3.70. The fourth-order valence-electron chi connectivity index (χ4n) is 1.99. The van der Waals surface area contributed by atoms with Crippen LogP contribution in [-0.2, 0) is 16.0 Å². The topological polar surface area (TPSA) is 83.7 Å². The maximum absolute atomic E-state index is 12.3. The highest BCUT2D eigenvalue weighted by Gasteiger charge is 2.24. The van der Waals surface area contributed by atoms with E-state index in [-0.39, 0.29) is 24.2 Å². The summed E-state index contributed by atoms with van der Waals surface area (Å²) in [6.45, 7) is 3.72. The second-order valence-electron chi connectivity index (χ2n) is 5.55. The molecule has 0 aromatic carbocycles. The van der Waals surface area contributed by atoms with Gasteiger partial charge in [-0.2, -0.15) is 5.10 Å². The molecule has 0 radical (unpaired) electrons. The van der Waals surface area contributed by atoms with Crippen molar-refractivity contribution in [2.24, 2.45) is 11.0 Å². The molecule has 2 aromatic rings. The zero-order valence-corrected chi connectivity index (χ0v) is 17.6. The summed E-state index contributed by atoms with van der Waals surface area (Å²) in [7, 11) is 0. The zero-order chi connectivity index (χ0) is 18.4. The monoisotopic (exact) mass is 489 g/mol. The molecule has 2 N–H and O–H groups in total. The normalized spacial score (nSPS) is 12.5. The Hall–Kier alpha value is -1.45. The van der Waals surface area contributed by atoms with E-state index in [0.29, 0.717) is 10.4 Å². The molecule has 0 aliphatic heterocycles. The fraction of sp³-hybridized carbons (Fsp3) is 0.312. The Morgan fingerprint density at radius 3 is 2.72 bits per heavy atom. The number of amides is 2. The number of hydrazone groups is 1. The van der Waals surface area contributed by atoms with Crippen LogP contribution in [0, 0.1) is 5.92 Å². The third-order valence-electron chi connectivity index (χ3n) is 3.21. The number of thiophene rings is 1. The summed E-state index contributed by atoms with van der Waals surface area (Å²) in [5.41, 5.74) is 2.43. The minimum atomic E-state index is -0.667. The van der Waals surface area contributed by atoms with Gasteiger partial charge in [-0.15, -0.1) is 11.3 Å². The third-order valence-corrected chi connectivity index (χ3v) is 5.80. The lowest BCUT2D eigenvalue weighted by Gasteiger charge is -2.20. The molecule has 0 unspecified atom stereocenters. The van der Waals surface area contributed by atoms with Crippen molar-refractivity contribution in [2.75, 3.05) is 0 Å². The van der Waals surface area contributed by atoms with E-state index >= 15 is 0 Å². The molecule has 2 aromatic heterocycles. The molecular formula is C16H17Br2N3O3S. The first-order valence-electron chi connectivity index (χ1n) is 7.46. The number of hydrogen-bond acceptors (Lipinski definition) is 5. The second kappa shape index (κ2) is 9.30. The van der Waals surface area contributed by atoms with E-state index in [0.717, 1.165) is 9.35 Å². The molecule has 0 saturated heterocycles. The Morgan fingerprint density at radius 2 is 2.16 bits per heavy atom. The average Bonchev–Trinajstić information content (AvgIpc) is 3.15. The number of nitrogens with zero attached hydrogens (tertiary/aromatic N) is 1. The van der Waals surface area contributed by atoms with Crippen molar-refractivity contribution in [3.63, 3.8) is 0 Å². The van der Waals surface area contributed by atoms with Gasteiger partial charge in [-0.05, 0) is 49.2 Å². The van der Waals surface area contributed by atoms with Crippen LogP contribution >= 0.6 is 43.2 Å². The number of hydrogen-bond donors (Lipinski definition) is 2. The summed E-state index contributed by atoms with van der Waals surface area (Å²) in [5, 5.41) is 8.54. The molecule has 1 atom stereocenters. The first kappa shape index (κ1) is 19.9. The summed E-state index contributed by atoms with van der Waals surface area (Å²) < 4.78 is 6.62. The van der Waals surface area contributed by atoms with Crippen molar-refractivity contribution in [1.82, 2.24) is 10.7 Å². The van der Waals surface area contributed by atoms with E-state index in [9.17, 15) is 9.59 Å². The van der Waals surface area contributed by atoms with E-state index in [1.165, 1.54) is 17.6 Å². The maximum atomic E-state index is 12.3. The lowest BCUT2D eigenvalue weighted by Crippen LogP contribution is -2.49. The Kier molecular flexibility index (Phi) is 7.39. The molecule has 0 aliphatic rings. The molecule has 0 saturated carbocycles. The molecule has 6 nitrogen and oxygen atoms in total. The highest BCUT2D eigenvalue weighted by atomic mass is 79.9. The molecule has 0 bridgehead atoms. The highest BCUT2D eigenvalue weighted by Crippen LogP contribution is 2.25. The van der Waals surface area contributed by atoms with Gasteiger partial charge in [0.15, 0.2) is 4.67 Å². The van der Waals surface area contributed by atoms with Gasteiger partial charge in [-0.25, -0.2) is 5.43 Å². The molecule has 2 rings (SSSR count). The summed E-state index contributed by atoms with van der Waals surface area (Å²) >= 11 is 8.02. The quantitative estimate of drug-likeness (QED) is 0.458. The van der Waals surface area contributed by atoms with Gasteiger partial charge in [0.05, 0.1) is 17.1 Å². The Balaban J connectivity index is 1.91. The van der Waals surface area contributed by atoms with Crippen molar-refractivity contribution in [3.05, 3.63) is 43.4 Å². The number of furan rings is 1. The molecule has 0 fully saturated rings. The molecular weight excluding hydrogens is 474 g/mol. The van der Waals surface area contributed by atoms with Crippen molar-refractivity contribution >= 4 is 61.2 Å². The van der Waals surface area contributed by atoms with Gasteiger partial charge in [0.2, 0.25) is 5.91 Å². The summed E-state index contributed by atoms with van der Waals surface area (Å²) in [6.07, 6.45) is 1.64. The van der Waals surface area contributed by atoms with Crippen molar-refractivity contribution in [3.8, 4) is 0 Å². The van der Waals surface area contributed by atoms with Crippen molar-refractivity contribution < 1.29 is 14.0 Å². The van der Waals surface area contributed by atoms with Crippen LogP contribution < -0.4 is 10.7 Å². The highest BCUT2D eigenvalue weighted by molar-refractivity contribution is 9.13. The molecule has 134 valence electrons. The lowest BCUT2D eigenvalue weighted by molar-refractivity contribution is -0.129. The molecule has 2 heterocycles. The third kappa shape index (κ3) is 6.09. The van der Waals surface area contributed by atoms with Crippen LogP contribution in [0.1, 0.15) is 24.5 Å². The largest absolute Gasteiger partial charge is 0.447 e. The number of halogens is 2. The van der Waals surface area contributed by atoms with E-state index in [1.54, 1.807) is 6.07 Å². The summed E-state index contributed by atoms with van der Waals surface area (Å²) in [6, 6.07) is 4.82. The smallest absolute Gasteiger partial charge is 0.262 e. The molecule has 0 aliphatic carbocycles. The van der Waals surface area contributed by atoms with Gasteiger partial charge < -0.3 is 9.73 Å². The van der Waals surface area contributed by atoms with E-state index in [2.05, 4.69) is 47.7 Å². The van der Waals surface area contributed by atoms with Crippen LogP contribution in [0.5, 0.6) is 0 Å². The van der Waals surface area contributed by atoms with Crippen LogP contribution in [0.3, 0.4) is 0 Å². The summed E-state index contributed by atoms with van der Waals surface area (Å²) in [4.78, 5) is 25.4. The SMILES string of the molecule is CC(C)[C@@H](NC(=O)Cc1cccs1)C(=O)N/N=C\c1cc(Br)c(Br)o1. The van der Waals surface area contributed by atoms with Crippen LogP contribution in [0.15, 0.2) is 42.2 Å². The lowest BCUT2D eigenvalue weighted by atomic mass is 10.0. The van der Waals surface area contributed by atoms with Crippen LogP contribution in [0.25, 0.3) is 0 Å². The van der Waals surface area contributed by atoms with Crippen LogP contribution in [-0.4, -0.2) is 24.1 Å². The minimum Gasteiger partial charge on any atom is -0.447 e. The van der Waals surface area contributed by atoms with Gasteiger partial charge in [0.25, 0.3) is 5.91 Å². The van der Waals surface area contributed by atoms with Crippen molar-refractivity contribution in [2.45, 2.75) is 26.3 Å². The predicted molar refractivity (Wildman–Crippen MR) is 105 cm³/mol.